The number of hydrogen-bond acceptors (Lipinski definition) is 4. The molecule has 0 saturated carbocycles. The van der Waals surface area contributed by atoms with Gasteiger partial charge in [-0.1, -0.05) is 0 Å². The van der Waals surface area contributed by atoms with E-state index in [2.05, 4.69) is 11.9 Å². The van der Waals surface area contributed by atoms with Crippen LogP contribution in [-0.2, 0) is 9.53 Å². The van der Waals surface area contributed by atoms with Crippen LogP contribution in [0.15, 0.2) is 0 Å². The van der Waals surface area contributed by atoms with Crippen LogP contribution in [0.3, 0.4) is 0 Å². The van der Waals surface area contributed by atoms with Gasteiger partial charge in [-0.05, 0) is 60.5 Å². The van der Waals surface area contributed by atoms with Gasteiger partial charge in [0.25, 0.3) is 0 Å². The fraction of sp³-hybridized carbons (Fsp3) is 0.867. The van der Waals surface area contributed by atoms with Gasteiger partial charge in [0.05, 0.1) is 5.54 Å². The summed E-state index contributed by atoms with van der Waals surface area (Å²) in [5.41, 5.74) is -1.38. The lowest BCUT2D eigenvalue weighted by Gasteiger charge is -2.38. The maximum Gasteiger partial charge on any atom is 0.410 e. The number of ether oxygens (including phenoxy) is 1. The Morgan fingerprint density at radius 2 is 2.00 bits per heavy atom. The normalized spacial score (nSPS) is 23.2. The topological polar surface area (TPSA) is 49.9 Å². The first-order chi connectivity index (χ1) is 9.09. The lowest BCUT2D eigenvalue weighted by molar-refractivity contribution is -0.118. The summed E-state index contributed by atoms with van der Waals surface area (Å²) in [5, 5.41) is 0. The average Bonchev–Trinajstić information content (AvgIpc) is 2.71. The van der Waals surface area contributed by atoms with Gasteiger partial charge in [-0.3, -0.25) is 4.90 Å². The number of hydrogen-bond donors (Lipinski definition) is 0. The van der Waals surface area contributed by atoms with E-state index in [0.29, 0.717) is 12.5 Å². The molecular formula is C15H28N2O3. The summed E-state index contributed by atoms with van der Waals surface area (Å²) in [7, 11) is 3.70. The molecule has 1 heterocycles. The summed E-state index contributed by atoms with van der Waals surface area (Å²) in [6.07, 6.45) is 3.27. The van der Waals surface area contributed by atoms with Crippen LogP contribution in [0.4, 0.5) is 4.79 Å². The fourth-order valence-corrected chi connectivity index (χ4v) is 2.52. The average molecular weight is 284 g/mol. The van der Waals surface area contributed by atoms with Crippen molar-refractivity contribution in [3.63, 3.8) is 0 Å². The van der Waals surface area contributed by atoms with Crippen molar-refractivity contribution in [3.8, 4) is 0 Å². The molecule has 1 aliphatic rings. The van der Waals surface area contributed by atoms with E-state index in [-0.39, 0.29) is 0 Å². The SMILES string of the molecule is CN1CCCC1CC(C)(C=O)N(C)C(=O)OC(C)(C)C. The Bertz CT molecular complexity index is 365. The molecule has 116 valence electrons. The Morgan fingerprint density at radius 1 is 1.40 bits per heavy atom. The third-order valence-electron chi connectivity index (χ3n) is 4.01. The molecule has 0 aromatic heterocycles. The van der Waals surface area contributed by atoms with Gasteiger partial charge < -0.3 is 14.4 Å². The van der Waals surface area contributed by atoms with Gasteiger partial charge in [0, 0.05) is 13.1 Å². The molecule has 0 aromatic rings. The van der Waals surface area contributed by atoms with Gasteiger partial charge in [0.1, 0.15) is 11.9 Å². The van der Waals surface area contributed by atoms with E-state index in [9.17, 15) is 9.59 Å². The van der Waals surface area contributed by atoms with Gasteiger partial charge in [-0.25, -0.2) is 4.79 Å². The van der Waals surface area contributed by atoms with Crippen LogP contribution in [0.1, 0.15) is 47.0 Å². The number of carbonyl (C=O) groups is 2. The molecule has 1 saturated heterocycles. The summed E-state index contributed by atoms with van der Waals surface area (Å²) < 4.78 is 5.35. The third kappa shape index (κ3) is 4.20. The molecule has 0 aromatic carbocycles. The maximum absolute atomic E-state index is 12.2. The Hall–Kier alpha value is -1.10. The minimum atomic E-state index is -0.828. The Balaban J connectivity index is 2.76. The number of carbonyl (C=O) groups excluding carboxylic acids is 2. The summed E-state index contributed by atoms with van der Waals surface area (Å²) >= 11 is 0. The van der Waals surface area contributed by atoms with E-state index in [4.69, 9.17) is 4.74 Å². The summed E-state index contributed by atoms with van der Waals surface area (Å²) in [6, 6.07) is 0.343. The van der Waals surface area contributed by atoms with Gasteiger partial charge in [-0.15, -0.1) is 0 Å². The van der Waals surface area contributed by atoms with Crippen molar-refractivity contribution in [1.29, 1.82) is 0 Å². The highest BCUT2D eigenvalue weighted by atomic mass is 16.6. The Labute approximate surface area is 122 Å². The van der Waals surface area contributed by atoms with Crippen LogP contribution in [0.25, 0.3) is 0 Å². The smallest absolute Gasteiger partial charge is 0.410 e. The zero-order valence-corrected chi connectivity index (χ0v) is 13.6. The minimum absolute atomic E-state index is 0.343. The van der Waals surface area contributed by atoms with Gasteiger partial charge in [0.15, 0.2) is 0 Å². The van der Waals surface area contributed by atoms with Crippen LogP contribution >= 0.6 is 0 Å². The van der Waals surface area contributed by atoms with Crippen LogP contribution in [0.2, 0.25) is 0 Å². The molecule has 1 aliphatic heterocycles. The van der Waals surface area contributed by atoms with Crippen LogP contribution in [0, 0.1) is 0 Å². The van der Waals surface area contributed by atoms with Gasteiger partial charge in [-0.2, -0.15) is 0 Å². The predicted molar refractivity (Wildman–Crippen MR) is 78.7 cm³/mol. The number of likely N-dealkylation sites (N-methyl/N-ethyl adjacent to an activating group) is 1. The molecule has 1 fully saturated rings. The third-order valence-corrected chi connectivity index (χ3v) is 4.01. The van der Waals surface area contributed by atoms with Gasteiger partial charge in [0.2, 0.25) is 0 Å². The zero-order chi connectivity index (χ0) is 15.6. The van der Waals surface area contributed by atoms with E-state index in [0.717, 1.165) is 25.7 Å². The van der Waals surface area contributed by atoms with E-state index in [1.165, 1.54) is 4.90 Å². The predicted octanol–water partition coefficient (Wildman–Crippen LogP) is 2.30. The fourth-order valence-electron chi connectivity index (χ4n) is 2.52. The quantitative estimate of drug-likeness (QED) is 0.743. The first-order valence-electron chi connectivity index (χ1n) is 7.22. The molecule has 0 spiro atoms. The standard InChI is InChI=1S/C15H28N2O3/c1-14(2,3)20-13(19)17(6)15(4,11-18)10-12-8-7-9-16(12)5/h11-12H,7-10H2,1-6H3. The highest BCUT2D eigenvalue weighted by molar-refractivity contribution is 5.76. The lowest BCUT2D eigenvalue weighted by atomic mass is 9.92. The monoisotopic (exact) mass is 284 g/mol. The molecule has 2 atom stereocenters. The van der Waals surface area contributed by atoms with Crippen molar-refractivity contribution in [3.05, 3.63) is 0 Å². The molecule has 2 unspecified atom stereocenters. The second kappa shape index (κ2) is 6.12. The second-order valence-electron chi connectivity index (χ2n) is 7.00. The molecular weight excluding hydrogens is 256 g/mol. The van der Waals surface area contributed by atoms with Crippen molar-refractivity contribution in [2.24, 2.45) is 0 Å². The second-order valence-corrected chi connectivity index (χ2v) is 7.00. The minimum Gasteiger partial charge on any atom is -0.444 e. The van der Waals surface area contributed by atoms with E-state index in [1.54, 1.807) is 14.0 Å². The zero-order valence-electron chi connectivity index (χ0n) is 13.6. The number of rotatable bonds is 4. The Morgan fingerprint density at radius 3 is 2.40 bits per heavy atom. The molecule has 0 aliphatic carbocycles. The molecule has 1 rings (SSSR count). The Kier molecular flexibility index (Phi) is 5.19. The number of aldehydes is 1. The van der Waals surface area contributed by atoms with Gasteiger partial charge >= 0.3 is 6.09 Å². The summed E-state index contributed by atoms with van der Waals surface area (Å²) in [5.74, 6) is 0. The van der Waals surface area contributed by atoms with E-state index in [1.807, 2.05) is 20.8 Å². The van der Waals surface area contributed by atoms with Crippen LogP contribution in [-0.4, -0.2) is 60.0 Å². The largest absolute Gasteiger partial charge is 0.444 e. The maximum atomic E-state index is 12.2. The molecule has 0 radical (unpaired) electrons. The molecule has 0 N–H and O–H groups in total. The number of likely N-dealkylation sites (tertiary alicyclic amines) is 1. The van der Waals surface area contributed by atoms with E-state index < -0.39 is 17.2 Å². The molecule has 0 bridgehead atoms. The van der Waals surface area contributed by atoms with Crippen LogP contribution in [0.5, 0.6) is 0 Å². The van der Waals surface area contributed by atoms with Crippen molar-refractivity contribution in [2.45, 2.75) is 64.1 Å². The highest BCUT2D eigenvalue weighted by Crippen LogP contribution is 2.27. The lowest BCUT2D eigenvalue weighted by Crippen LogP contribution is -2.53. The summed E-state index contributed by atoms with van der Waals surface area (Å²) in [4.78, 5) is 27.4. The van der Waals surface area contributed by atoms with Crippen molar-refractivity contribution < 1.29 is 14.3 Å². The highest BCUT2D eigenvalue weighted by Gasteiger charge is 2.38. The van der Waals surface area contributed by atoms with Crippen molar-refractivity contribution in [2.75, 3.05) is 20.6 Å². The molecule has 5 nitrogen and oxygen atoms in total. The first kappa shape index (κ1) is 17.0. The number of nitrogens with zero attached hydrogens (tertiary/aromatic N) is 2. The molecule has 20 heavy (non-hydrogen) atoms. The van der Waals surface area contributed by atoms with Crippen molar-refractivity contribution in [1.82, 2.24) is 9.80 Å². The van der Waals surface area contributed by atoms with Crippen molar-refractivity contribution >= 4 is 12.4 Å². The molecule has 1 amide bonds. The first-order valence-corrected chi connectivity index (χ1v) is 7.22. The number of amides is 1. The summed E-state index contributed by atoms with van der Waals surface area (Å²) in [6.45, 7) is 8.32. The molecule has 5 heteroatoms. The van der Waals surface area contributed by atoms with Crippen LogP contribution < -0.4 is 0 Å². The van der Waals surface area contributed by atoms with E-state index >= 15 is 0 Å².